The van der Waals surface area contributed by atoms with Gasteiger partial charge < -0.3 is 4.48 Å². The zero-order valence-corrected chi connectivity index (χ0v) is 10.0. The Morgan fingerprint density at radius 1 is 1.21 bits per heavy atom. The van der Waals surface area contributed by atoms with Crippen molar-refractivity contribution in [3.8, 4) is 0 Å². The Kier molecular flexibility index (Phi) is 3.53. The number of alkyl halides is 1. The van der Waals surface area contributed by atoms with E-state index in [-0.39, 0.29) is 12.2 Å². The highest BCUT2D eigenvalue weighted by atomic mass is 18.2. The largest absolute Gasteiger partial charge is 0.322 e. The Morgan fingerprint density at radius 2 is 1.71 bits per heavy atom. The van der Waals surface area contributed by atoms with Crippen molar-refractivity contribution in [3.05, 3.63) is 0 Å². The summed E-state index contributed by atoms with van der Waals surface area (Å²) in [6.07, 6.45) is 0. The molecule has 2 nitrogen and oxygen atoms in total. The van der Waals surface area contributed by atoms with Crippen molar-refractivity contribution in [1.82, 2.24) is 4.90 Å². The van der Waals surface area contributed by atoms with Gasteiger partial charge in [-0.25, -0.2) is 4.39 Å². The Labute approximate surface area is 87.3 Å². The number of nitrogens with zero attached hydrogens (tertiary/aromatic N) is 2. The third-order valence-corrected chi connectivity index (χ3v) is 3.39. The van der Waals surface area contributed by atoms with Crippen LogP contribution in [0.5, 0.6) is 0 Å². The molecule has 0 N–H and O–H groups in total. The minimum atomic E-state index is -0.188. The number of rotatable bonds is 2. The van der Waals surface area contributed by atoms with Crippen molar-refractivity contribution < 1.29 is 8.87 Å². The number of piperazine rings is 1. The summed E-state index contributed by atoms with van der Waals surface area (Å²) >= 11 is 0. The fourth-order valence-electron chi connectivity index (χ4n) is 2.05. The highest BCUT2D eigenvalue weighted by Crippen LogP contribution is 2.18. The minimum absolute atomic E-state index is 0.188. The zero-order chi connectivity index (χ0) is 10.8. The molecular weight excluding hydrogens is 178 g/mol. The molecule has 84 valence electrons. The lowest BCUT2D eigenvalue weighted by Gasteiger charge is -2.46. The normalized spacial score (nSPS) is 23.8. The molecular formula is C11H24FN2+. The lowest BCUT2D eigenvalue weighted by molar-refractivity contribution is -0.913. The average molecular weight is 202 g/mol. The zero-order valence-electron chi connectivity index (χ0n) is 10.0. The van der Waals surface area contributed by atoms with Gasteiger partial charge in [-0.2, -0.15) is 0 Å². The maximum Gasteiger partial charge on any atom is 0.138 e. The summed E-state index contributed by atoms with van der Waals surface area (Å²) in [5, 5.41) is 0. The molecule has 0 bridgehead atoms. The Hall–Kier alpha value is -0.150. The Bertz CT molecular complexity index is 178. The predicted molar refractivity (Wildman–Crippen MR) is 58.1 cm³/mol. The molecule has 0 aromatic rings. The second kappa shape index (κ2) is 4.15. The molecule has 0 spiro atoms. The van der Waals surface area contributed by atoms with Crippen molar-refractivity contribution >= 4 is 0 Å². The van der Waals surface area contributed by atoms with Gasteiger partial charge in [0.1, 0.15) is 13.2 Å². The molecule has 14 heavy (non-hydrogen) atoms. The van der Waals surface area contributed by atoms with Crippen molar-refractivity contribution in [3.63, 3.8) is 0 Å². The summed E-state index contributed by atoms with van der Waals surface area (Å²) in [4.78, 5) is 2.49. The van der Waals surface area contributed by atoms with Gasteiger partial charge in [-0.05, 0) is 20.8 Å². The summed E-state index contributed by atoms with van der Waals surface area (Å²) in [5.74, 6) is 0. The van der Waals surface area contributed by atoms with E-state index in [1.807, 2.05) is 0 Å². The van der Waals surface area contributed by atoms with Crippen molar-refractivity contribution in [2.45, 2.75) is 26.3 Å². The number of quaternary nitrogens is 1. The van der Waals surface area contributed by atoms with Gasteiger partial charge >= 0.3 is 0 Å². The van der Waals surface area contributed by atoms with Crippen LogP contribution >= 0.6 is 0 Å². The molecule has 1 rings (SSSR count). The maximum absolute atomic E-state index is 12.3. The number of hydrogen-bond acceptors (Lipinski definition) is 1. The molecule has 0 amide bonds. The summed E-state index contributed by atoms with van der Waals surface area (Å²) in [6, 6.07) is 0. The van der Waals surface area contributed by atoms with E-state index in [4.69, 9.17) is 0 Å². The van der Waals surface area contributed by atoms with Gasteiger partial charge in [-0.1, -0.05) is 0 Å². The van der Waals surface area contributed by atoms with Gasteiger partial charge in [0.2, 0.25) is 0 Å². The van der Waals surface area contributed by atoms with Crippen molar-refractivity contribution in [2.24, 2.45) is 0 Å². The van der Waals surface area contributed by atoms with Crippen LogP contribution in [-0.4, -0.2) is 61.4 Å². The van der Waals surface area contributed by atoms with Gasteiger partial charge in [0, 0.05) is 18.6 Å². The van der Waals surface area contributed by atoms with E-state index in [0.717, 1.165) is 30.7 Å². The molecule has 0 aromatic carbocycles. The van der Waals surface area contributed by atoms with Crippen molar-refractivity contribution in [1.29, 1.82) is 0 Å². The first-order valence-electron chi connectivity index (χ1n) is 5.52. The van der Waals surface area contributed by atoms with Crippen LogP contribution in [0.3, 0.4) is 0 Å². The first kappa shape index (κ1) is 11.9. The molecule has 0 aliphatic carbocycles. The summed E-state index contributed by atoms with van der Waals surface area (Å²) in [7, 11) is 2.17. The fourth-order valence-corrected chi connectivity index (χ4v) is 2.05. The number of halogens is 1. The van der Waals surface area contributed by atoms with E-state index < -0.39 is 0 Å². The Balaban J connectivity index is 2.45. The van der Waals surface area contributed by atoms with Crippen LogP contribution in [0.4, 0.5) is 4.39 Å². The van der Waals surface area contributed by atoms with Crippen LogP contribution in [0.15, 0.2) is 0 Å². The minimum Gasteiger partial charge on any atom is -0.322 e. The van der Waals surface area contributed by atoms with Crippen molar-refractivity contribution in [2.75, 3.05) is 46.4 Å². The molecule has 1 heterocycles. The summed E-state index contributed by atoms with van der Waals surface area (Å²) < 4.78 is 13.2. The molecule has 0 unspecified atom stereocenters. The standard InChI is InChI=1S/C11H24FN2/c1-11(2,3)13-6-9-14(4,8-5-12)10-7-13/h5-10H2,1-4H3/q+1/i12-1. The van der Waals surface area contributed by atoms with Gasteiger partial charge in [0.05, 0.1) is 20.1 Å². The number of likely N-dealkylation sites (N-methyl/N-ethyl adjacent to an activating group) is 1. The van der Waals surface area contributed by atoms with E-state index in [9.17, 15) is 4.39 Å². The van der Waals surface area contributed by atoms with E-state index in [0.29, 0.717) is 6.54 Å². The van der Waals surface area contributed by atoms with Gasteiger partial charge in [-0.15, -0.1) is 0 Å². The smallest absolute Gasteiger partial charge is 0.138 e. The molecule has 1 aliphatic heterocycles. The van der Waals surface area contributed by atoms with Gasteiger partial charge in [0.15, 0.2) is 0 Å². The first-order valence-corrected chi connectivity index (χ1v) is 5.52. The summed E-state index contributed by atoms with van der Waals surface area (Å²) in [6.45, 7) is 11.6. The van der Waals surface area contributed by atoms with Crippen LogP contribution in [0, 0.1) is 0 Å². The molecule has 1 saturated heterocycles. The first-order chi connectivity index (χ1) is 6.37. The van der Waals surface area contributed by atoms with E-state index in [1.54, 1.807) is 0 Å². The lowest BCUT2D eigenvalue weighted by atomic mass is 10.0. The molecule has 0 saturated carbocycles. The van der Waals surface area contributed by atoms with Gasteiger partial charge in [0.25, 0.3) is 0 Å². The van der Waals surface area contributed by atoms with Gasteiger partial charge in [-0.3, -0.25) is 4.90 Å². The Morgan fingerprint density at radius 3 is 2.07 bits per heavy atom. The summed E-state index contributed by atoms with van der Waals surface area (Å²) in [5.41, 5.74) is 0.265. The van der Waals surface area contributed by atoms with Crippen LogP contribution in [0.25, 0.3) is 0 Å². The highest BCUT2D eigenvalue weighted by Gasteiger charge is 2.32. The SMILES string of the molecule is CC(C)(C)N1CC[N+](C)(CC[18F])CC1. The van der Waals surface area contributed by atoms with E-state index in [1.165, 1.54) is 0 Å². The van der Waals surface area contributed by atoms with E-state index >= 15 is 0 Å². The molecule has 0 aromatic heterocycles. The molecule has 3 heteroatoms. The lowest BCUT2D eigenvalue weighted by Crippen LogP contribution is -2.61. The number of hydrogen-bond donors (Lipinski definition) is 0. The topological polar surface area (TPSA) is 3.24 Å². The fraction of sp³-hybridized carbons (Fsp3) is 1.00. The third-order valence-electron chi connectivity index (χ3n) is 3.39. The second-order valence-electron chi connectivity index (χ2n) is 5.64. The third kappa shape index (κ3) is 2.92. The quantitative estimate of drug-likeness (QED) is 0.614. The van der Waals surface area contributed by atoms with Crippen LogP contribution in [0.1, 0.15) is 20.8 Å². The average Bonchev–Trinajstić information content (AvgIpc) is 2.03. The van der Waals surface area contributed by atoms with Crippen LogP contribution < -0.4 is 0 Å². The molecule has 0 atom stereocenters. The molecule has 1 fully saturated rings. The molecule has 1 aliphatic rings. The highest BCUT2D eigenvalue weighted by molar-refractivity contribution is 4.78. The maximum atomic E-state index is 12.3. The monoisotopic (exact) mass is 202 g/mol. The second-order valence-corrected chi connectivity index (χ2v) is 5.64. The predicted octanol–water partition coefficient (Wildman–Crippen LogP) is 1.52. The van der Waals surface area contributed by atoms with E-state index in [2.05, 4.69) is 32.7 Å². The van der Waals surface area contributed by atoms with Crippen LogP contribution in [-0.2, 0) is 0 Å². The molecule has 0 radical (unpaired) electrons. The van der Waals surface area contributed by atoms with Crippen LogP contribution in [0.2, 0.25) is 0 Å².